The van der Waals surface area contributed by atoms with E-state index in [2.05, 4.69) is 20.8 Å². The summed E-state index contributed by atoms with van der Waals surface area (Å²) in [6.45, 7) is 10.4. The van der Waals surface area contributed by atoms with Crippen molar-refractivity contribution in [3.63, 3.8) is 0 Å². The maximum atomic E-state index is 12.8. The van der Waals surface area contributed by atoms with E-state index in [0.717, 1.165) is 5.56 Å². The van der Waals surface area contributed by atoms with Crippen molar-refractivity contribution in [3.05, 3.63) is 70.8 Å². The molecule has 164 valence electrons. The van der Waals surface area contributed by atoms with Gasteiger partial charge in [-0.2, -0.15) is 0 Å². The van der Waals surface area contributed by atoms with Crippen LogP contribution in [0.5, 0.6) is 0 Å². The third kappa shape index (κ3) is 5.81. The Kier molecular flexibility index (Phi) is 6.94. The van der Waals surface area contributed by atoms with E-state index in [9.17, 15) is 14.4 Å². The number of nitrogens with zero attached hydrogens (tertiary/aromatic N) is 2. The van der Waals surface area contributed by atoms with Gasteiger partial charge in [-0.3, -0.25) is 14.4 Å². The zero-order chi connectivity index (χ0) is 22.6. The van der Waals surface area contributed by atoms with E-state index < -0.39 is 0 Å². The molecule has 1 aliphatic rings. The van der Waals surface area contributed by atoms with E-state index in [1.165, 1.54) is 5.56 Å². The number of ketones is 1. The van der Waals surface area contributed by atoms with Gasteiger partial charge in [0.2, 0.25) is 5.91 Å². The zero-order valence-electron chi connectivity index (χ0n) is 19.0. The van der Waals surface area contributed by atoms with Crippen LogP contribution in [0.15, 0.2) is 48.5 Å². The molecular weight excluding hydrogens is 388 g/mol. The molecule has 1 aliphatic heterocycles. The monoisotopic (exact) mass is 420 g/mol. The number of rotatable bonds is 5. The average molecular weight is 421 g/mol. The van der Waals surface area contributed by atoms with Crippen molar-refractivity contribution in [2.24, 2.45) is 0 Å². The number of benzene rings is 2. The minimum Gasteiger partial charge on any atom is -0.339 e. The summed E-state index contributed by atoms with van der Waals surface area (Å²) in [5, 5.41) is 0. The molecule has 0 aromatic heterocycles. The summed E-state index contributed by atoms with van der Waals surface area (Å²) >= 11 is 0. The molecule has 2 amide bonds. The highest BCUT2D eigenvalue weighted by molar-refractivity contribution is 5.98. The Morgan fingerprint density at radius 3 is 1.81 bits per heavy atom. The quantitative estimate of drug-likeness (QED) is 0.680. The molecule has 0 radical (unpaired) electrons. The molecule has 1 fully saturated rings. The SMILES string of the molecule is Cc1ccc(C(=O)CCC(=O)N2CCN(C(=O)c3ccc(C(C)(C)C)cc3)CC2)cc1. The molecule has 0 saturated carbocycles. The van der Waals surface area contributed by atoms with Gasteiger partial charge in [-0.15, -0.1) is 0 Å². The molecule has 0 aliphatic carbocycles. The first-order valence-electron chi connectivity index (χ1n) is 10.9. The van der Waals surface area contributed by atoms with Crippen LogP contribution in [0, 0.1) is 6.92 Å². The molecule has 1 heterocycles. The number of amides is 2. The largest absolute Gasteiger partial charge is 0.339 e. The molecule has 2 aromatic carbocycles. The minimum absolute atomic E-state index is 0.00195. The Bertz CT molecular complexity index is 932. The third-order valence-electron chi connectivity index (χ3n) is 5.86. The van der Waals surface area contributed by atoms with Crippen molar-refractivity contribution in [1.82, 2.24) is 9.80 Å². The van der Waals surface area contributed by atoms with E-state index in [-0.39, 0.29) is 35.9 Å². The van der Waals surface area contributed by atoms with Gasteiger partial charge in [-0.1, -0.05) is 62.7 Å². The van der Waals surface area contributed by atoms with Crippen molar-refractivity contribution < 1.29 is 14.4 Å². The summed E-state index contributed by atoms with van der Waals surface area (Å²) in [7, 11) is 0. The Morgan fingerprint density at radius 2 is 1.26 bits per heavy atom. The van der Waals surface area contributed by atoms with Crippen molar-refractivity contribution in [2.45, 2.75) is 46.0 Å². The van der Waals surface area contributed by atoms with Gasteiger partial charge in [0.15, 0.2) is 5.78 Å². The minimum atomic E-state index is -0.0258. The first-order chi connectivity index (χ1) is 14.6. The number of piperazine rings is 1. The lowest BCUT2D eigenvalue weighted by atomic mass is 9.86. The van der Waals surface area contributed by atoms with E-state index in [0.29, 0.717) is 37.3 Å². The fraction of sp³-hybridized carbons (Fsp3) is 0.423. The van der Waals surface area contributed by atoms with Gasteiger partial charge in [-0.25, -0.2) is 0 Å². The first kappa shape index (κ1) is 22.7. The van der Waals surface area contributed by atoms with Crippen LogP contribution in [0.4, 0.5) is 0 Å². The van der Waals surface area contributed by atoms with Crippen LogP contribution < -0.4 is 0 Å². The molecule has 0 unspecified atom stereocenters. The van der Waals surface area contributed by atoms with Gasteiger partial charge < -0.3 is 9.80 Å². The third-order valence-corrected chi connectivity index (χ3v) is 5.86. The molecule has 2 aromatic rings. The van der Waals surface area contributed by atoms with Crippen LogP contribution >= 0.6 is 0 Å². The van der Waals surface area contributed by atoms with Gasteiger partial charge in [-0.05, 0) is 30.0 Å². The molecule has 3 rings (SSSR count). The highest BCUT2D eigenvalue weighted by Crippen LogP contribution is 2.22. The molecule has 5 heteroatoms. The van der Waals surface area contributed by atoms with Crippen LogP contribution in [0.25, 0.3) is 0 Å². The van der Waals surface area contributed by atoms with Crippen molar-refractivity contribution in [2.75, 3.05) is 26.2 Å². The predicted molar refractivity (Wildman–Crippen MR) is 122 cm³/mol. The van der Waals surface area contributed by atoms with Gasteiger partial charge >= 0.3 is 0 Å². The second kappa shape index (κ2) is 9.46. The van der Waals surface area contributed by atoms with E-state index >= 15 is 0 Å². The van der Waals surface area contributed by atoms with Gasteiger partial charge in [0.1, 0.15) is 0 Å². The first-order valence-corrected chi connectivity index (χ1v) is 10.9. The summed E-state index contributed by atoms with van der Waals surface area (Å²) < 4.78 is 0. The predicted octanol–water partition coefficient (Wildman–Crippen LogP) is 4.24. The lowest BCUT2D eigenvalue weighted by Gasteiger charge is -2.35. The Labute approximate surface area is 185 Å². The molecule has 0 spiro atoms. The lowest BCUT2D eigenvalue weighted by Crippen LogP contribution is -2.50. The fourth-order valence-corrected chi connectivity index (χ4v) is 3.72. The van der Waals surface area contributed by atoms with Crippen molar-refractivity contribution >= 4 is 17.6 Å². The molecule has 5 nitrogen and oxygen atoms in total. The zero-order valence-corrected chi connectivity index (χ0v) is 19.0. The summed E-state index contributed by atoms with van der Waals surface area (Å²) in [6, 6.07) is 15.2. The normalized spacial score (nSPS) is 14.5. The van der Waals surface area contributed by atoms with Crippen LogP contribution in [0.1, 0.15) is 65.5 Å². The highest BCUT2D eigenvalue weighted by atomic mass is 16.2. The topological polar surface area (TPSA) is 57.7 Å². The number of aryl methyl sites for hydroxylation is 1. The van der Waals surface area contributed by atoms with E-state index in [1.807, 2.05) is 43.3 Å². The maximum absolute atomic E-state index is 12.8. The molecule has 0 bridgehead atoms. The van der Waals surface area contributed by atoms with Crippen LogP contribution in [0.2, 0.25) is 0 Å². The smallest absolute Gasteiger partial charge is 0.253 e. The van der Waals surface area contributed by atoms with E-state index in [1.54, 1.807) is 21.9 Å². The summed E-state index contributed by atoms with van der Waals surface area (Å²) in [4.78, 5) is 41.2. The Balaban J connectivity index is 1.48. The van der Waals surface area contributed by atoms with Gasteiger partial charge in [0, 0.05) is 50.1 Å². The molecule has 0 N–H and O–H groups in total. The van der Waals surface area contributed by atoms with Crippen molar-refractivity contribution in [3.8, 4) is 0 Å². The Morgan fingerprint density at radius 1 is 0.742 bits per heavy atom. The number of hydrogen-bond donors (Lipinski definition) is 0. The highest BCUT2D eigenvalue weighted by Gasteiger charge is 2.25. The van der Waals surface area contributed by atoms with Crippen LogP contribution in [-0.4, -0.2) is 53.6 Å². The molecular formula is C26H32N2O3. The van der Waals surface area contributed by atoms with Crippen LogP contribution in [0.3, 0.4) is 0 Å². The second-order valence-corrected chi connectivity index (χ2v) is 9.29. The van der Waals surface area contributed by atoms with Crippen molar-refractivity contribution in [1.29, 1.82) is 0 Å². The second-order valence-electron chi connectivity index (χ2n) is 9.29. The van der Waals surface area contributed by atoms with Gasteiger partial charge in [0.25, 0.3) is 5.91 Å². The summed E-state index contributed by atoms with van der Waals surface area (Å²) in [6.07, 6.45) is 0.413. The number of carbonyl (C=O) groups is 3. The number of Topliss-reactive ketones (excluding diaryl/α,β-unsaturated/α-hetero) is 1. The standard InChI is InChI=1S/C26H32N2O3/c1-19-5-7-20(8-6-19)23(29)13-14-24(30)27-15-17-28(18-16-27)25(31)21-9-11-22(12-10-21)26(2,3)4/h5-12H,13-18H2,1-4H3. The number of hydrogen-bond acceptors (Lipinski definition) is 3. The molecule has 1 saturated heterocycles. The van der Waals surface area contributed by atoms with Crippen LogP contribution in [-0.2, 0) is 10.2 Å². The fourth-order valence-electron chi connectivity index (χ4n) is 3.72. The Hall–Kier alpha value is -2.95. The van der Waals surface area contributed by atoms with Gasteiger partial charge in [0.05, 0.1) is 0 Å². The molecule has 31 heavy (non-hydrogen) atoms. The maximum Gasteiger partial charge on any atom is 0.253 e. The summed E-state index contributed by atoms with van der Waals surface area (Å²) in [5.41, 5.74) is 3.67. The van der Waals surface area contributed by atoms with E-state index in [4.69, 9.17) is 0 Å². The number of carbonyl (C=O) groups excluding carboxylic acids is 3. The average Bonchev–Trinajstić information content (AvgIpc) is 2.77. The lowest BCUT2D eigenvalue weighted by molar-refractivity contribution is -0.132. The summed E-state index contributed by atoms with van der Waals surface area (Å²) in [5.74, 6) is -0.0370. The molecule has 0 atom stereocenters.